The maximum atomic E-state index is 13.7. The Hall–Kier alpha value is -2.47. The lowest BCUT2D eigenvalue weighted by molar-refractivity contribution is -0.203. The number of Topliss-reactive ketones (excluding diaryl/α,β-unsaturated/α-hetero) is 1. The largest absolute Gasteiger partial charge is 0.465 e. The Labute approximate surface area is 241 Å². The first-order valence-electron chi connectivity index (χ1n) is 14.8. The molecule has 0 aliphatic heterocycles. The highest BCUT2D eigenvalue weighted by Gasteiger charge is 2.66. The number of esters is 2. The molecule has 0 aromatic carbocycles. The lowest BCUT2D eigenvalue weighted by Crippen LogP contribution is -2.60. The molecule has 7 atom stereocenters. The third-order valence-electron chi connectivity index (χ3n) is 10.3. The van der Waals surface area contributed by atoms with Gasteiger partial charge in [-0.1, -0.05) is 50.6 Å². The molecular formula is C34H50O6. The fourth-order valence-corrected chi connectivity index (χ4v) is 8.30. The summed E-state index contributed by atoms with van der Waals surface area (Å²) in [6.07, 6.45) is 11.4. The molecule has 3 aliphatic carbocycles. The molecule has 40 heavy (non-hydrogen) atoms. The zero-order chi connectivity index (χ0) is 30.0. The predicted octanol–water partition coefficient (Wildman–Crippen LogP) is 6.83. The van der Waals surface area contributed by atoms with Crippen molar-refractivity contribution in [3.8, 4) is 0 Å². The van der Waals surface area contributed by atoms with E-state index in [1.165, 1.54) is 19.4 Å². The van der Waals surface area contributed by atoms with Crippen molar-refractivity contribution in [2.24, 2.45) is 28.1 Å². The molecule has 0 amide bonds. The summed E-state index contributed by atoms with van der Waals surface area (Å²) in [5, 5.41) is 10.4. The number of hydrogen-bond acceptors (Lipinski definition) is 6. The van der Waals surface area contributed by atoms with Crippen LogP contribution in [0.3, 0.4) is 0 Å². The van der Waals surface area contributed by atoms with Gasteiger partial charge in [0.2, 0.25) is 0 Å². The van der Waals surface area contributed by atoms with Crippen LogP contribution in [0.1, 0.15) is 101 Å². The second-order valence-electron chi connectivity index (χ2n) is 13.5. The Balaban J connectivity index is 1.92. The van der Waals surface area contributed by atoms with Crippen molar-refractivity contribution < 1.29 is 29.0 Å². The quantitative estimate of drug-likeness (QED) is 0.153. The van der Waals surface area contributed by atoms with Crippen molar-refractivity contribution in [1.29, 1.82) is 0 Å². The first kappa shape index (κ1) is 32.0. The van der Waals surface area contributed by atoms with Gasteiger partial charge in [-0.25, -0.2) is 0 Å². The molecule has 3 aliphatic rings. The Morgan fingerprint density at radius 3 is 2.27 bits per heavy atom. The van der Waals surface area contributed by atoms with E-state index in [1.807, 2.05) is 52.0 Å². The van der Waals surface area contributed by atoms with Crippen molar-refractivity contribution in [2.75, 3.05) is 6.61 Å². The average molecular weight is 555 g/mol. The van der Waals surface area contributed by atoms with Gasteiger partial charge in [-0.15, -0.1) is 0 Å². The molecule has 0 bridgehead atoms. The number of ketones is 1. The van der Waals surface area contributed by atoms with Crippen molar-refractivity contribution in [3.63, 3.8) is 0 Å². The summed E-state index contributed by atoms with van der Waals surface area (Å²) in [7, 11) is 0. The van der Waals surface area contributed by atoms with Crippen LogP contribution in [0.2, 0.25) is 0 Å². The maximum Gasteiger partial charge on any atom is 0.302 e. The van der Waals surface area contributed by atoms with E-state index in [9.17, 15) is 19.5 Å². The predicted molar refractivity (Wildman–Crippen MR) is 157 cm³/mol. The van der Waals surface area contributed by atoms with Crippen LogP contribution in [0, 0.1) is 28.1 Å². The number of hydrogen-bond donors (Lipinski definition) is 1. The molecular weight excluding hydrogens is 504 g/mol. The van der Waals surface area contributed by atoms with Crippen LogP contribution in [-0.2, 0) is 23.9 Å². The number of aliphatic hydroxyl groups excluding tert-OH is 1. The van der Waals surface area contributed by atoms with Crippen molar-refractivity contribution >= 4 is 17.7 Å². The van der Waals surface area contributed by atoms with E-state index in [1.54, 1.807) is 0 Å². The minimum atomic E-state index is -0.527. The third kappa shape index (κ3) is 6.22. The average Bonchev–Trinajstić information content (AvgIpc) is 3.14. The summed E-state index contributed by atoms with van der Waals surface area (Å²) in [4.78, 5) is 37.5. The number of carbonyl (C=O) groups is 3. The Kier molecular flexibility index (Phi) is 9.76. The molecule has 1 N–H and O–H groups in total. The van der Waals surface area contributed by atoms with Crippen LogP contribution < -0.4 is 0 Å². The fourth-order valence-electron chi connectivity index (χ4n) is 8.30. The molecule has 0 heterocycles. The van der Waals surface area contributed by atoms with E-state index in [2.05, 4.69) is 20.8 Å². The van der Waals surface area contributed by atoms with Gasteiger partial charge >= 0.3 is 11.9 Å². The highest BCUT2D eigenvalue weighted by Crippen LogP contribution is 2.69. The van der Waals surface area contributed by atoms with E-state index in [-0.39, 0.29) is 53.1 Å². The number of aliphatic hydroxyl groups is 1. The highest BCUT2D eigenvalue weighted by atomic mass is 16.6. The molecule has 0 spiro atoms. The Morgan fingerprint density at radius 2 is 1.68 bits per heavy atom. The zero-order valence-electron chi connectivity index (χ0n) is 26.1. The zero-order valence-corrected chi connectivity index (χ0v) is 26.1. The SMILES string of the molecule is CC(=O)OC[C@]1(C)[C@H]2CC[C@]3(C)/C(=C(C)/C=C/C=C(\C)[C@H](O)CC=C(C)C)C(=O)C[C@H]3[C@]2(C)CC[C@H]1OC(C)=O. The maximum absolute atomic E-state index is 13.7. The summed E-state index contributed by atoms with van der Waals surface area (Å²) in [5.74, 6) is -0.146. The van der Waals surface area contributed by atoms with E-state index >= 15 is 0 Å². The molecule has 0 aromatic heterocycles. The van der Waals surface area contributed by atoms with Gasteiger partial charge < -0.3 is 14.6 Å². The van der Waals surface area contributed by atoms with Crippen LogP contribution in [0.15, 0.2) is 46.6 Å². The van der Waals surface area contributed by atoms with Crippen LogP contribution >= 0.6 is 0 Å². The molecule has 3 saturated carbocycles. The summed E-state index contributed by atoms with van der Waals surface area (Å²) in [6, 6.07) is 0. The molecule has 0 aromatic rings. The molecule has 3 fully saturated rings. The molecule has 6 heteroatoms. The summed E-state index contributed by atoms with van der Waals surface area (Å²) in [5.41, 5.74) is 3.04. The molecule has 0 unspecified atom stereocenters. The number of fused-ring (bicyclic) bond motifs is 3. The standard InChI is InChI=1S/C34H50O6/c1-21(2)13-14-26(37)22(3)11-10-12-23(4)31-27(38)19-29-32(7)18-16-30(40-25(6)36)34(9,20-39-24(5)35)28(32)15-17-33(29,31)8/h10-13,26,28-30,37H,14-20H2,1-9H3/b12-10+,22-11+,31-23+/t26-,28+,29+,30-,32-,33+,34-/m1/s1. The first-order chi connectivity index (χ1) is 18.6. The Bertz CT molecular complexity index is 1140. The molecule has 6 nitrogen and oxygen atoms in total. The molecule has 222 valence electrons. The van der Waals surface area contributed by atoms with Gasteiger partial charge in [0.1, 0.15) is 12.7 Å². The van der Waals surface area contributed by atoms with Crippen molar-refractivity contribution in [3.05, 3.63) is 46.6 Å². The normalized spacial score (nSPS) is 36.0. The smallest absolute Gasteiger partial charge is 0.302 e. The number of ether oxygens (including phenoxy) is 2. The monoisotopic (exact) mass is 554 g/mol. The minimum absolute atomic E-state index is 0.145. The first-order valence-corrected chi connectivity index (χ1v) is 14.8. The van der Waals surface area contributed by atoms with Gasteiger partial charge in [-0.2, -0.15) is 0 Å². The summed E-state index contributed by atoms with van der Waals surface area (Å²) >= 11 is 0. The topological polar surface area (TPSA) is 89.9 Å². The van der Waals surface area contributed by atoms with Crippen LogP contribution in [0.25, 0.3) is 0 Å². The van der Waals surface area contributed by atoms with Gasteiger partial charge in [0.25, 0.3) is 0 Å². The lowest BCUT2D eigenvalue weighted by Gasteiger charge is -2.62. The highest BCUT2D eigenvalue weighted by molar-refractivity contribution is 6.00. The fraction of sp³-hybridized carbons (Fsp3) is 0.676. The van der Waals surface area contributed by atoms with Gasteiger partial charge in [0, 0.05) is 36.7 Å². The van der Waals surface area contributed by atoms with E-state index < -0.39 is 11.5 Å². The van der Waals surface area contributed by atoms with Gasteiger partial charge in [0.05, 0.1) is 6.10 Å². The van der Waals surface area contributed by atoms with Crippen LogP contribution in [-0.4, -0.2) is 41.6 Å². The molecule has 0 saturated heterocycles. The van der Waals surface area contributed by atoms with E-state index in [4.69, 9.17) is 9.47 Å². The van der Waals surface area contributed by atoms with Crippen molar-refractivity contribution in [1.82, 2.24) is 0 Å². The summed E-state index contributed by atoms with van der Waals surface area (Å²) in [6.45, 7) is 17.7. The minimum Gasteiger partial charge on any atom is -0.465 e. The van der Waals surface area contributed by atoms with Gasteiger partial charge in [-0.3, -0.25) is 14.4 Å². The number of allylic oxidation sites excluding steroid dienone is 6. The van der Waals surface area contributed by atoms with Crippen molar-refractivity contribution in [2.45, 2.75) is 113 Å². The Morgan fingerprint density at radius 1 is 1.00 bits per heavy atom. The number of rotatable bonds is 8. The second-order valence-corrected chi connectivity index (χ2v) is 13.5. The molecule has 3 rings (SSSR count). The number of carbonyl (C=O) groups excluding carboxylic acids is 3. The van der Waals surface area contributed by atoms with E-state index in [0.717, 1.165) is 36.0 Å². The third-order valence-corrected chi connectivity index (χ3v) is 10.3. The second kappa shape index (κ2) is 12.2. The van der Waals surface area contributed by atoms with E-state index in [0.29, 0.717) is 19.3 Å². The molecule has 0 radical (unpaired) electrons. The lowest BCUT2D eigenvalue weighted by atomic mass is 9.43. The van der Waals surface area contributed by atoms with Crippen LogP contribution in [0.4, 0.5) is 0 Å². The van der Waals surface area contributed by atoms with Crippen LogP contribution in [0.5, 0.6) is 0 Å². The van der Waals surface area contributed by atoms with Gasteiger partial charge in [-0.05, 0) is 88.2 Å². The summed E-state index contributed by atoms with van der Waals surface area (Å²) < 4.78 is 11.4. The van der Waals surface area contributed by atoms with Gasteiger partial charge in [0.15, 0.2) is 5.78 Å².